The van der Waals surface area contributed by atoms with Crippen LogP contribution in [0.3, 0.4) is 0 Å². The molecule has 0 aromatic heterocycles. The van der Waals surface area contributed by atoms with Crippen molar-refractivity contribution >= 4 is 0 Å². The lowest BCUT2D eigenvalue weighted by atomic mass is 10.1. The minimum Gasteiger partial charge on any atom is -0.490 e. The highest BCUT2D eigenvalue weighted by Gasteiger charge is 2.07. The van der Waals surface area contributed by atoms with Crippen LogP contribution >= 0.6 is 0 Å². The molecule has 0 unspecified atom stereocenters. The molecule has 0 aliphatic rings. The van der Waals surface area contributed by atoms with Gasteiger partial charge in [0, 0.05) is 0 Å². The summed E-state index contributed by atoms with van der Waals surface area (Å²) in [4.78, 5) is 0. The van der Waals surface area contributed by atoms with E-state index >= 15 is 0 Å². The van der Waals surface area contributed by atoms with Crippen molar-refractivity contribution in [3.05, 3.63) is 95.6 Å². The molecule has 0 saturated heterocycles. The Labute approximate surface area is 174 Å². The van der Waals surface area contributed by atoms with Gasteiger partial charge >= 0.3 is 0 Å². The number of nitrogens with two attached hydrogens (primary N) is 1. The second-order valence-corrected chi connectivity index (χ2v) is 7.19. The summed E-state index contributed by atoms with van der Waals surface area (Å²) in [5.74, 6) is 1.64. The van der Waals surface area contributed by atoms with Crippen LogP contribution in [-0.2, 0) is 19.3 Å². The Morgan fingerprint density at radius 2 is 1.10 bits per heavy atom. The largest absolute Gasteiger partial charge is 0.490 e. The van der Waals surface area contributed by atoms with E-state index in [-0.39, 0.29) is 0 Å². The molecule has 0 atom stereocenters. The zero-order chi connectivity index (χ0) is 20.2. The van der Waals surface area contributed by atoms with Gasteiger partial charge in [-0.2, -0.15) is 0 Å². The van der Waals surface area contributed by atoms with Crippen LogP contribution in [0.4, 0.5) is 0 Å². The smallest absolute Gasteiger partial charge is 0.161 e. The van der Waals surface area contributed by atoms with Gasteiger partial charge in [0.2, 0.25) is 0 Å². The van der Waals surface area contributed by atoms with Gasteiger partial charge in [-0.15, -0.1) is 0 Å². The summed E-state index contributed by atoms with van der Waals surface area (Å²) in [6.45, 7) is 1.97. The van der Waals surface area contributed by atoms with E-state index in [0.717, 1.165) is 43.6 Å². The van der Waals surface area contributed by atoms with E-state index in [9.17, 15) is 0 Å². The summed E-state index contributed by atoms with van der Waals surface area (Å²) < 4.78 is 12.1. The van der Waals surface area contributed by atoms with E-state index in [4.69, 9.17) is 15.2 Å². The topological polar surface area (TPSA) is 44.5 Å². The van der Waals surface area contributed by atoms with Gasteiger partial charge in [-0.25, -0.2) is 0 Å². The van der Waals surface area contributed by atoms with Gasteiger partial charge in [0.05, 0.1) is 13.2 Å². The number of hydrogen-bond acceptors (Lipinski definition) is 3. The second kappa shape index (κ2) is 11.9. The fourth-order valence-corrected chi connectivity index (χ4v) is 3.31. The quantitative estimate of drug-likeness (QED) is 0.432. The highest BCUT2D eigenvalue weighted by molar-refractivity contribution is 5.43. The molecule has 0 amide bonds. The fourth-order valence-electron chi connectivity index (χ4n) is 3.31. The molecule has 0 aliphatic carbocycles. The Balaban J connectivity index is 1.51. The lowest BCUT2D eigenvalue weighted by Gasteiger charge is -2.14. The van der Waals surface area contributed by atoms with Crippen molar-refractivity contribution in [1.82, 2.24) is 0 Å². The number of ether oxygens (including phenoxy) is 2. The van der Waals surface area contributed by atoms with Crippen LogP contribution in [0.25, 0.3) is 0 Å². The van der Waals surface area contributed by atoms with Gasteiger partial charge in [-0.3, -0.25) is 0 Å². The number of rotatable bonds is 12. The summed E-state index contributed by atoms with van der Waals surface area (Å²) in [6.07, 6.45) is 4.81. The van der Waals surface area contributed by atoms with E-state index < -0.39 is 0 Å². The highest BCUT2D eigenvalue weighted by Crippen LogP contribution is 2.29. The SMILES string of the molecule is NCCc1ccc(OCCCc2ccccc2)c(OCCCc2ccccc2)c1. The van der Waals surface area contributed by atoms with E-state index in [1.54, 1.807) is 0 Å². The van der Waals surface area contributed by atoms with Crippen molar-refractivity contribution in [2.24, 2.45) is 5.73 Å². The third-order valence-electron chi connectivity index (χ3n) is 4.86. The Morgan fingerprint density at radius 3 is 1.66 bits per heavy atom. The Morgan fingerprint density at radius 1 is 0.552 bits per heavy atom. The molecule has 0 radical (unpaired) electrons. The zero-order valence-corrected chi connectivity index (χ0v) is 17.1. The normalized spacial score (nSPS) is 10.7. The van der Waals surface area contributed by atoms with Crippen molar-refractivity contribution in [2.45, 2.75) is 32.1 Å². The van der Waals surface area contributed by atoms with E-state index in [1.165, 1.54) is 16.7 Å². The molecule has 0 saturated carbocycles. The first kappa shape index (κ1) is 20.9. The molecule has 3 aromatic carbocycles. The molecule has 0 bridgehead atoms. The number of hydrogen-bond donors (Lipinski definition) is 1. The second-order valence-electron chi connectivity index (χ2n) is 7.19. The molecule has 3 heteroatoms. The molecule has 2 N–H and O–H groups in total. The average Bonchev–Trinajstić information content (AvgIpc) is 2.77. The first-order valence-corrected chi connectivity index (χ1v) is 10.5. The van der Waals surface area contributed by atoms with Gasteiger partial charge in [0.1, 0.15) is 0 Å². The molecule has 0 spiro atoms. The van der Waals surface area contributed by atoms with Crippen molar-refractivity contribution in [3.8, 4) is 11.5 Å². The number of benzene rings is 3. The summed E-state index contributed by atoms with van der Waals surface area (Å²) in [7, 11) is 0. The molecule has 3 nitrogen and oxygen atoms in total. The minimum atomic E-state index is 0.630. The van der Waals surface area contributed by atoms with E-state index in [2.05, 4.69) is 60.7 Å². The van der Waals surface area contributed by atoms with Crippen molar-refractivity contribution in [3.63, 3.8) is 0 Å². The van der Waals surface area contributed by atoms with Gasteiger partial charge < -0.3 is 15.2 Å². The van der Waals surface area contributed by atoms with Crippen LogP contribution in [0, 0.1) is 0 Å². The minimum absolute atomic E-state index is 0.630. The molecule has 3 rings (SSSR count). The van der Waals surface area contributed by atoms with Crippen molar-refractivity contribution < 1.29 is 9.47 Å². The maximum absolute atomic E-state index is 6.10. The highest BCUT2D eigenvalue weighted by atomic mass is 16.5. The fraction of sp³-hybridized carbons (Fsp3) is 0.308. The van der Waals surface area contributed by atoms with Crippen LogP contribution < -0.4 is 15.2 Å². The molecule has 29 heavy (non-hydrogen) atoms. The molecule has 152 valence electrons. The molecular weight excluding hydrogens is 358 g/mol. The van der Waals surface area contributed by atoms with Crippen LogP contribution in [0.1, 0.15) is 29.5 Å². The summed E-state index contributed by atoms with van der Waals surface area (Å²) in [5.41, 5.74) is 9.58. The Kier molecular flexibility index (Phi) is 8.61. The first-order chi connectivity index (χ1) is 14.3. The van der Waals surface area contributed by atoms with Crippen LogP contribution in [-0.4, -0.2) is 19.8 Å². The van der Waals surface area contributed by atoms with Crippen molar-refractivity contribution in [1.29, 1.82) is 0 Å². The van der Waals surface area contributed by atoms with Crippen LogP contribution in [0.15, 0.2) is 78.9 Å². The maximum atomic E-state index is 6.10. The predicted molar refractivity (Wildman–Crippen MR) is 120 cm³/mol. The van der Waals surface area contributed by atoms with Gasteiger partial charge in [-0.1, -0.05) is 66.7 Å². The first-order valence-electron chi connectivity index (χ1n) is 10.5. The summed E-state index contributed by atoms with van der Waals surface area (Å²) in [5, 5.41) is 0. The third kappa shape index (κ3) is 7.28. The van der Waals surface area contributed by atoms with Gasteiger partial charge in [0.15, 0.2) is 11.5 Å². The molecular formula is C26H31NO2. The molecule has 0 aliphatic heterocycles. The lowest BCUT2D eigenvalue weighted by Crippen LogP contribution is -2.06. The molecule has 0 heterocycles. The maximum Gasteiger partial charge on any atom is 0.161 e. The summed E-state index contributed by atoms with van der Waals surface area (Å²) >= 11 is 0. The predicted octanol–water partition coefficient (Wildman–Crippen LogP) is 5.21. The van der Waals surface area contributed by atoms with Crippen molar-refractivity contribution in [2.75, 3.05) is 19.8 Å². The number of aryl methyl sites for hydroxylation is 2. The summed E-state index contributed by atoms with van der Waals surface area (Å²) in [6, 6.07) is 27.2. The van der Waals surface area contributed by atoms with E-state index in [0.29, 0.717) is 19.8 Å². The molecule has 0 fully saturated rings. The third-order valence-corrected chi connectivity index (χ3v) is 4.86. The zero-order valence-electron chi connectivity index (χ0n) is 17.1. The Bertz CT molecular complexity index is 834. The van der Waals surface area contributed by atoms with Gasteiger partial charge in [0.25, 0.3) is 0 Å². The molecule has 3 aromatic rings. The standard InChI is InChI=1S/C26H31NO2/c27-18-17-24-15-16-25(28-19-7-13-22-9-3-1-4-10-22)26(21-24)29-20-8-14-23-11-5-2-6-12-23/h1-6,9-12,15-16,21H,7-8,13-14,17-20,27H2. The van der Waals surface area contributed by atoms with Crippen LogP contribution in [0.2, 0.25) is 0 Å². The van der Waals surface area contributed by atoms with Gasteiger partial charge in [-0.05, 0) is 67.5 Å². The lowest BCUT2D eigenvalue weighted by molar-refractivity contribution is 0.263. The van der Waals surface area contributed by atoms with Crippen LogP contribution in [0.5, 0.6) is 11.5 Å². The van der Waals surface area contributed by atoms with E-state index in [1.807, 2.05) is 18.2 Å². The Hall–Kier alpha value is -2.78. The monoisotopic (exact) mass is 389 g/mol. The average molecular weight is 390 g/mol.